The molecule has 0 saturated heterocycles. The number of hydrogen-bond acceptors (Lipinski definition) is 4. The average molecular weight is 360 g/mol. The highest BCUT2D eigenvalue weighted by molar-refractivity contribution is 6.03. The van der Waals surface area contributed by atoms with E-state index in [0.717, 1.165) is 11.4 Å². The molecule has 0 saturated carbocycles. The molecule has 0 atom stereocenters. The third-order valence-electron chi connectivity index (χ3n) is 4.49. The molecular formula is C22H24N4O. The number of rotatable bonds is 5. The van der Waals surface area contributed by atoms with Gasteiger partial charge in [0.2, 0.25) is 5.95 Å². The molecule has 0 aliphatic carbocycles. The second kappa shape index (κ2) is 7.99. The molecule has 1 aromatic heterocycles. The van der Waals surface area contributed by atoms with E-state index in [2.05, 4.69) is 48.3 Å². The average Bonchev–Trinajstić information content (AvgIpc) is 2.65. The van der Waals surface area contributed by atoms with E-state index in [1.807, 2.05) is 42.5 Å². The predicted molar refractivity (Wildman–Crippen MR) is 110 cm³/mol. The van der Waals surface area contributed by atoms with Gasteiger partial charge in [-0.25, -0.2) is 9.97 Å². The molecule has 1 heterocycles. The van der Waals surface area contributed by atoms with Crippen LogP contribution in [0.2, 0.25) is 0 Å². The minimum absolute atomic E-state index is 0.266. The molecule has 0 fully saturated rings. The Bertz CT molecular complexity index is 949. The lowest BCUT2D eigenvalue weighted by atomic mass is 10.0. The van der Waals surface area contributed by atoms with E-state index in [0.29, 0.717) is 17.6 Å². The molecule has 1 amide bonds. The van der Waals surface area contributed by atoms with Crippen molar-refractivity contribution in [2.45, 2.75) is 33.6 Å². The highest BCUT2D eigenvalue weighted by Crippen LogP contribution is 2.19. The van der Waals surface area contributed by atoms with Gasteiger partial charge in [0.25, 0.3) is 5.91 Å². The maximum absolute atomic E-state index is 12.5. The van der Waals surface area contributed by atoms with Gasteiger partial charge in [0.15, 0.2) is 0 Å². The van der Waals surface area contributed by atoms with Crippen LogP contribution in [-0.4, -0.2) is 15.9 Å². The largest absolute Gasteiger partial charge is 0.324 e. The van der Waals surface area contributed by atoms with Crippen molar-refractivity contribution in [3.63, 3.8) is 0 Å². The van der Waals surface area contributed by atoms with E-state index in [1.165, 1.54) is 16.7 Å². The number of nitrogens with zero attached hydrogens (tertiary/aromatic N) is 2. The van der Waals surface area contributed by atoms with Crippen molar-refractivity contribution in [1.29, 1.82) is 0 Å². The van der Waals surface area contributed by atoms with Crippen molar-refractivity contribution in [1.82, 2.24) is 9.97 Å². The number of aryl methyl sites for hydroxylation is 2. The van der Waals surface area contributed by atoms with Gasteiger partial charge >= 0.3 is 0 Å². The molecule has 0 spiro atoms. The summed E-state index contributed by atoms with van der Waals surface area (Å²) in [7, 11) is 0. The lowest BCUT2D eigenvalue weighted by Crippen LogP contribution is -2.14. The molecule has 0 aliphatic heterocycles. The van der Waals surface area contributed by atoms with Gasteiger partial charge in [0.05, 0.1) is 0 Å². The van der Waals surface area contributed by atoms with Crippen molar-refractivity contribution in [3.05, 3.63) is 77.1 Å². The zero-order valence-electron chi connectivity index (χ0n) is 16.1. The second-order valence-electron chi connectivity index (χ2n) is 6.92. The number of carbonyl (C=O) groups is 1. The van der Waals surface area contributed by atoms with E-state index in [4.69, 9.17) is 0 Å². The lowest BCUT2D eigenvalue weighted by molar-refractivity contribution is 0.102. The van der Waals surface area contributed by atoms with Crippen LogP contribution in [0.1, 0.15) is 46.9 Å². The third kappa shape index (κ3) is 4.70. The molecule has 3 rings (SSSR count). The van der Waals surface area contributed by atoms with Crippen LogP contribution in [0.25, 0.3) is 0 Å². The fourth-order valence-corrected chi connectivity index (χ4v) is 2.64. The Morgan fingerprint density at radius 1 is 0.926 bits per heavy atom. The minimum Gasteiger partial charge on any atom is -0.324 e. The highest BCUT2D eigenvalue weighted by Gasteiger charge is 2.10. The molecule has 0 unspecified atom stereocenters. The van der Waals surface area contributed by atoms with Gasteiger partial charge in [0.1, 0.15) is 5.69 Å². The van der Waals surface area contributed by atoms with E-state index in [9.17, 15) is 4.79 Å². The summed E-state index contributed by atoms with van der Waals surface area (Å²) < 4.78 is 0. The normalized spacial score (nSPS) is 10.7. The standard InChI is InChI=1S/C22H24N4O/c1-14(2)17-6-9-18(10-7-17)24-21(27)20-11-12-23-22(26-20)25-19-8-5-15(3)16(4)13-19/h5-14H,1-4H3,(H,24,27)(H,23,25,26). The molecule has 2 N–H and O–H groups in total. The Kier molecular flexibility index (Phi) is 5.50. The first-order valence-corrected chi connectivity index (χ1v) is 9.01. The Hall–Kier alpha value is -3.21. The van der Waals surface area contributed by atoms with Gasteiger partial charge in [-0.05, 0) is 66.8 Å². The van der Waals surface area contributed by atoms with Crippen LogP contribution in [0.15, 0.2) is 54.7 Å². The van der Waals surface area contributed by atoms with Crippen LogP contribution < -0.4 is 10.6 Å². The summed E-state index contributed by atoms with van der Waals surface area (Å²) >= 11 is 0. The molecule has 5 nitrogen and oxygen atoms in total. The van der Waals surface area contributed by atoms with E-state index >= 15 is 0 Å². The second-order valence-corrected chi connectivity index (χ2v) is 6.92. The number of benzene rings is 2. The zero-order chi connectivity index (χ0) is 19.4. The maximum atomic E-state index is 12.5. The first-order chi connectivity index (χ1) is 12.9. The third-order valence-corrected chi connectivity index (χ3v) is 4.49. The lowest BCUT2D eigenvalue weighted by Gasteiger charge is -2.10. The molecule has 0 bridgehead atoms. The van der Waals surface area contributed by atoms with Crippen molar-refractivity contribution in [2.75, 3.05) is 10.6 Å². The number of anilines is 3. The van der Waals surface area contributed by atoms with Crippen molar-refractivity contribution >= 4 is 23.2 Å². The quantitative estimate of drug-likeness (QED) is 0.655. The fourth-order valence-electron chi connectivity index (χ4n) is 2.64. The summed E-state index contributed by atoms with van der Waals surface area (Å²) in [5, 5.41) is 6.02. The van der Waals surface area contributed by atoms with Crippen LogP contribution in [0.4, 0.5) is 17.3 Å². The molecular weight excluding hydrogens is 336 g/mol. The number of nitrogens with one attached hydrogen (secondary N) is 2. The molecule has 138 valence electrons. The highest BCUT2D eigenvalue weighted by atomic mass is 16.1. The van der Waals surface area contributed by atoms with Crippen molar-refractivity contribution in [2.24, 2.45) is 0 Å². The van der Waals surface area contributed by atoms with Crippen LogP contribution in [0.5, 0.6) is 0 Å². The van der Waals surface area contributed by atoms with Crippen LogP contribution in [-0.2, 0) is 0 Å². The van der Waals surface area contributed by atoms with Gasteiger partial charge in [-0.1, -0.05) is 32.0 Å². The molecule has 0 aliphatic rings. The number of hydrogen-bond donors (Lipinski definition) is 2. The van der Waals surface area contributed by atoms with Crippen molar-refractivity contribution in [3.8, 4) is 0 Å². The molecule has 5 heteroatoms. The minimum atomic E-state index is -0.266. The Labute approximate surface area is 159 Å². The van der Waals surface area contributed by atoms with E-state index in [-0.39, 0.29) is 5.91 Å². The summed E-state index contributed by atoms with van der Waals surface area (Å²) in [4.78, 5) is 21.0. The summed E-state index contributed by atoms with van der Waals surface area (Å²) in [5.41, 5.74) is 5.57. The van der Waals surface area contributed by atoms with E-state index in [1.54, 1.807) is 12.3 Å². The van der Waals surface area contributed by atoms with Gasteiger partial charge in [-0.2, -0.15) is 0 Å². The molecule has 27 heavy (non-hydrogen) atoms. The summed E-state index contributed by atoms with van der Waals surface area (Å²) in [6.07, 6.45) is 1.58. The van der Waals surface area contributed by atoms with Crippen LogP contribution in [0.3, 0.4) is 0 Å². The zero-order valence-corrected chi connectivity index (χ0v) is 16.1. The van der Waals surface area contributed by atoms with Crippen LogP contribution >= 0.6 is 0 Å². The SMILES string of the molecule is Cc1ccc(Nc2nccc(C(=O)Nc3ccc(C(C)C)cc3)n2)cc1C. The van der Waals surface area contributed by atoms with E-state index < -0.39 is 0 Å². The Morgan fingerprint density at radius 3 is 2.30 bits per heavy atom. The van der Waals surface area contributed by atoms with Gasteiger partial charge in [-0.15, -0.1) is 0 Å². The topological polar surface area (TPSA) is 66.9 Å². The molecule has 0 radical (unpaired) electrons. The first-order valence-electron chi connectivity index (χ1n) is 9.01. The summed E-state index contributed by atoms with van der Waals surface area (Å²) in [5.74, 6) is 0.578. The molecule has 3 aromatic rings. The van der Waals surface area contributed by atoms with Gasteiger partial charge < -0.3 is 10.6 Å². The summed E-state index contributed by atoms with van der Waals surface area (Å²) in [6.45, 7) is 8.39. The Morgan fingerprint density at radius 2 is 1.63 bits per heavy atom. The monoisotopic (exact) mass is 360 g/mol. The van der Waals surface area contributed by atoms with Crippen LogP contribution in [0, 0.1) is 13.8 Å². The predicted octanol–water partition coefficient (Wildman–Crippen LogP) is 5.21. The maximum Gasteiger partial charge on any atom is 0.274 e. The van der Waals surface area contributed by atoms with Gasteiger partial charge in [-0.3, -0.25) is 4.79 Å². The Balaban J connectivity index is 1.72. The first kappa shape index (κ1) is 18.6. The number of aromatic nitrogens is 2. The smallest absolute Gasteiger partial charge is 0.274 e. The van der Waals surface area contributed by atoms with Gasteiger partial charge in [0, 0.05) is 17.6 Å². The summed E-state index contributed by atoms with van der Waals surface area (Å²) in [6, 6.07) is 15.5. The number of carbonyl (C=O) groups excluding carboxylic acids is 1. The van der Waals surface area contributed by atoms with Crippen molar-refractivity contribution < 1.29 is 4.79 Å². The number of amides is 1. The fraction of sp³-hybridized carbons (Fsp3) is 0.227. The molecule has 2 aromatic carbocycles.